The molecule has 0 saturated heterocycles. The van der Waals surface area contributed by atoms with Crippen molar-refractivity contribution in [3.8, 4) is 0 Å². The van der Waals surface area contributed by atoms with Gasteiger partial charge >= 0.3 is 0 Å². The molecule has 0 unspecified atom stereocenters. The zero-order valence-electron chi connectivity index (χ0n) is 13.4. The highest BCUT2D eigenvalue weighted by Crippen LogP contribution is 2.10. The summed E-state index contributed by atoms with van der Waals surface area (Å²) in [5, 5.41) is 17.8. The Hall–Kier alpha value is -0.540. The number of aliphatic hydroxyl groups is 2. The topological polar surface area (TPSA) is 43.7 Å². The highest BCUT2D eigenvalue weighted by molar-refractivity contribution is 4.82. The molecule has 2 N–H and O–H groups in total. The van der Waals surface area contributed by atoms with E-state index in [0.29, 0.717) is 13.1 Å². The van der Waals surface area contributed by atoms with Crippen molar-refractivity contribution < 1.29 is 10.2 Å². The molecular formula is C17H35NO2. The van der Waals surface area contributed by atoms with Crippen molar-refractivity contribution in [1.29, 1.82) is 0 Å². The molecule has 0 aliphatic rings. The van der Waals surface area contributed by atoms with Crippen LogP contribution in [0.1, 0.15) is 71.1 Å². The minimum absolute atomic E-state index is 0.141. The molecule has 0 atom stereocenters. The molecule has 0 amide bonds. The van der Waals surface area contributed by atoms with Gasteiger partial charge in [-0.3, -0.25) is 0 Å². The fourth-order valence-corrected chi connectivity index (χ4v) is 2.31. The Bertz CT molecular complexity index is 201. The van der Waals surface area contributed by atoms with Crippen molar-refractivity contribution in [2.45, 2.75) is 71.1 Å². The molecular weight excluding hydrogens is 250 g/mol. The fourth-order valence-electron chi connectivity index (χ4n) is 2.31. The van der Waals surface area contributed by atoms with E-state index >= 15 is 0 Å². The third-order valence-electron chi connectivity index (χ3n) is 3.56. The number of hydrogen-bond acceptors (Lipinski definition) is 3. The second-order valence-electron chi connectivity index (χ2n) is 5.49. The van der Waals surface area contributed by atoms with Gasteiger partial charge in [-0.15, -0.1) is 0 Å². The first-order valence-electron chi connectivity index (χ1n) is 8.47. The van der Waals surface area contributed by atoms with Gasteiger partial charge < -0.3 is 15.1 Å². The molecule has 0 spiro atoms. The van der Waals surface area contributed by atoms with Gasteiger partial charge in [-0.25, -0.2) is 0 Å². The average Bonchev–Trinajstić information content (AvgIpc) is 2.45. The van der Waals surface area contributed by atoms with Crippen molar-refractivity contribution >= 4 is 0 Å². The van der Waals surface area contributed by atoms with Crippen molar-refractivity contribution in [1.82, 2.24) is 4.90 Å². The lowest BCUT2D eigenvalue weighted by Gasteiger charge is -2.17. The maximum Gasteiger partial charge on any atom is 0.0606 e. The highest BCUT2D eigenvalue weighted by Gasteiger charge is 1.96. The van der Waals surface area contributed by atoms with E-state index in [1.807, 2.05) is 11.1 Å². The lowest BCUT2D eigenvalue weighted by atomic mass is 10.1. The Morgan fingerprint density at radius 2 is 1.25 bits per heavy atom. The smallest absolute Gasteiger partial charge is 0.0606 e. The van der Waals surface area contributed by atoms with Crippen LogP contribution >= 0.6 is 0 Å². The number of unbranched alkanes of at least 4 members (excludes halogenated alkanes) is 9. The third-order valence-corrected chi connectivity index (χ3v) is 3.56. The summed E-state index contributed by atoms with van der Waals surface area (Å²) in [6.45, 7) is 3.75. The average molecular weight is 285 g/mol. The van der Waals surface area contributed by atoms with E-state index in [9.17, 15) is 0 Å². The molecule has 0 bridgehead atoms. The minimum atomic E-state index is 0.141. The van der Waals surface area contributed by atoms with Crippen LogP contribution in [0.15, 0.2) is 12.3 Å². The van der Waals surface area contributed by atoms with Gasteiger partial charge in [0.1, 0.15) is 0 Å². The molecule has 120 valence electrons. The Balaban J connectivity index is 3.32. The van der Waals surface area contributed by atoms with Crippen LogP contribution < -0.4 is 0 Å². The zero-order valence-corrected chi connectivity index (χ0v) is 13.4. The van der Waals surface area contributed by atoms with Crippen LogP contribution in [0.25, 0.3) is 0 Å². The molecule has 0 aromatic heterocycles. The second-order valence-corrected chi connectivity index (χ2v) is 5.49. The van der Waals surface area contributed by atoms with E-state index in [1.165, 1.54) is 57.8 Å². The van der Waals surface area contributed by atoms with Crippen LogP contribution in [0.5, 0.6) is 0 Å². The fraction of sp³-hybridized carbons (Fsp3) is 0.882. The van der Waals surface area contributed by atoms with E-state index in [0.717, 1.165) is 6.42 Å². The Labute approximate surface area is 125 Å². The lowest BCUT2D eigenvalue weighted by molar-refractivity contribution is 0.198. The van der Waals surface area contributed by atoms with Gasteiger partial charge in [0, 0.05) is 13.1 Å². The summed E-state index contributed by atoms with van der Waals surface area (Å²) in [7, 11) is 0. The van der Waals surface area contributed by atoms with Crippen LogP contribution in [0.2, 0.25) is 0 Å². The molecule has 0 heterocycles. The molecule has 0 aliphatic heterocycles. The number of rotatable bonds is 15. The van der Waals surface area contributed by atoms with Gasteiger partial charge in [0.05, 0.1) is 13.2 Å². The van der Waals surface area contributed by atoms with Gasteiger partial charge in [0.15, 0.2) is 0 Å². The molecule has 0 rings (SSSR count). The minimum Gasteiger partial charge on any atom is -0.395 e. The summed E-state index contributed by atoms with van der Waals surface area (Å²) in [5.74, 6) is 0. The van der Waals surface area contributed by atoms with Gasteiger partial charge in [0.25, 0.3) is 0 Å². The Morgan fingerprint density at radius 3 is 1.75 bits per heavy atom. The quantitative estimate of drug-likeness (QED) is 0.451. The monoisotopic (exact) mass is 285 g/mol. The maximum atomic E-state index is 8.88. The number of nitrogens with zero attached hydrogens (tertiary/aromatic N) is 1. The van der Waals surface area contributed by atoms with E-state index in [-0.39, 0.29) is 13.2 Å². The molecule has 3 nitrogen and oxygen atoms in total. The van der Waals surface area contributed by atoms with Crippen LogP contribution in [-0.2, 0) is 0 Å². The number of hydrogen-bond donors (Lipinski definition) is 2. The van der Waals surface area contributed by atoms with Gasteiger partial charge in [-0.05, 0) is 19.0 Å². The molecule has 0 fully saturated rings. The third kappa shape index (κ3) is 13.9. The molecule has 0 aromatic rings. The predicted octanol–water partition coefficient (Wildman–Crippen LogP) is 3.71. The summed E-state index contributed by atoms with van der Waals surface area (Å²) in [5.41, 5.74) is 0. The first kappa shape index (κ1) is 19.5. The SMILES string of the molecule is CCCCCCCCCCCC=CN(CCO)CCO. The summed E-state index contributed by atoms with van der Waals surface area (Å²) in [4.78, 5) is 1.97. The summed E-state index contributed by atoms with van der Waals surface area (Å²) >= 11 is 0. The van der Waals surface area contributed by atoms with E-state index in [2.05, 4.69) is 13.0 Å². The molecule has 20 heavy (non-hydrogen) atoms. The normalized spacial score (nSPS) is 11.3. The standard InChI is InChI=1S/C17H35NO2/c1-2-3-4-5-6-7-8-9-10-11-12-13-18(14-16-19)15-17-20/h12-13,19-20H,2-11,14-17H2,1H3. The van der Waals surface area contributed by atoms with Crippen LogP contribution in [0.3, 0.4) is 0 Å². The van der Waals surface area contributed by atoms with Crippen molar-refractivity contribution in [2.24, 2.45) is 0 Å². The second kappa shape index (κ2) is 16.5. The summed E-state index contributed by atoms with van der Waals surface area (Å²) < 4.78 is 0. The molecule has 0 saturated carbocycles. The van der Waals surface area contributed by atoms with Crippen molar-refractivity contribution in [3.05, 3.63) is 12.3 Å². The highest BCUT2D eigenvalue weighted by atomic mass is 16.3. The van der Waals surface area contributed by atoms with Gasteiger partial charge in [-0.2, -0.15) is 0 Å². The number of allylic oxidation sites excluding steroid dienone is 1. The summed E-state index contributed by atoms with van der Waals surface area (Å²) in [6, 6.07) is 0. The van der Waals surface area contributed by atoms with Crippen molar-refractivity contribution in [2.75, 3.05) is 26.3 Å². The van der Waals surface area contributed by atoms with E-state index in [4.69, 9.17) is 10.2 Å². The zero-order chi connectivity index (χ0) is 14.9. The van der Waals surface area contributed by atoms with Crippen molar-refractivity contribution in [3.63, 3.8) is 0 Å². The van der Waals surface area contributed by atoms with Crippen LogP contribution in [0, 0.1) is 0 Å². The first-order chi connectivity index (χ1) is 9.85. The number of aliphatic hydroxyl groups excluding tert-OH is 2. The first-order valence-corrected chi connectivity index (χ1v) is 8.47. The van der Waals surface area contributed by atoms with E-state index < -0.39 is 0 Å². The Kier molecular flexibility index (Phi) is 16.1. The molecule has 0 aromatic carbocycles. The van der Waals surface area contributed by atoms with E-state index in [1.54, 1.807) is 0 Å². The lowest BCUT2D eigenvalue weighted by Crippen LogP contribution is -2.24. The largest absolute Gasteiger partial charge is 0.395 e. The predicted molar refractivity (Wildman–Crippen MR) is 86.7 cm³/mol. The molecule has 3 heteroatoms. The van der Waals surface area contributed by atoms with Gasteiger partial charge in [-0.1, -0.05) is 64.4 Å². The Morgan fingerprint density at radius 1 is 0.750 bits per heavy atom. The van der Waals surface area contributed by atoms with Crippen LogP contribution in [0.4, 0.5) is 0 Å². The maximum absolute atomic E-state index is 8.88. The van der Waals surface area contributed by atoms with Gasteiger partial charge in [0.2, 0.25) is 0 Å². The molecule has 0 aliphatic carbocycles. The molecule has 0 radical (unpaired) electrons. The van der Waals surface area contributed by atoms with Crippen LogP contribution in [-0.4, -0.2) is 41.4 Å². The summed E-state index contributed by atoms with van der Waals surface area (Å²) in [6.07, 6.45) is 17.5.